The van der Waals surface area contributed by atoms with Crippen molar-refractivity contribution in [2.45, 2.75) is 32.5 Å². The van der Waals surface area contributed by atoms with Crippen molar-refractivity contribution < 1.29 is 19.3 Å². The van der Waals surface area contributed by atoms with E-state index in [4.69, 9.17) is 0 Å². The first kappa shape index (κ1) is 24.2. The SMILES string of the molecule is C=CC(=O)N1CC(NC(=O)Cn2cc(C(=O)N3CCc4c(C)cccc4C3)c3cc([N+](=O)[O-])ccc32)C1. The number of likely N-dealkylation sites (tertiary alicyclic amines) is 1. The van der Waals surface area contributed by atoms with E-state index in [9.17, 15) is 24.5 Å². The molecule has 3 heterocycles. The van der Waals surface area contributed by atoms with Crippen molar-refractivity contribution in [2.75, 3.05) is 19.6 Å². The van der Waals surface area contributed by atoms with Crippen molar-refractivity contribution in [2.24, 2.45) is 0 Å². The highest BCUT2D eigenvalue weighted by Gasteiger charge is 2.31. The number of nitrogens with one attached hydrogen (secondary N) is 1. The Labute approximate surface area is 213 Å². The Hall–Kier alpha value is -4.47. The van der Waals surface area contributed by atoms with Crippen LogP contribution in [0.3, 0.4) is 0 Å². The summed E-state index contributed by atoms with van der Waals surface area (Å²) in [7, 11) is 0. The number of nitro benzene ring substituents is 1. The minimum Gasteiger partial charge on any atom is -0.348 e. The van der Waals surface area contributed by atoms with Gasteiger partial charge in [-0.1, -0.05) is 24.8 Å². The van der Waals surface area contributed by atoms with Crippen LogP contribution in [0.2, 0.25) is 0 Å². The summed E-state index contributed by atoms with van der Waals surface area (Å²) in [6, 6.07) is 10.2. The average Bonchev–Trinajstić information content (AvgIpc) is 3.22. The van der Waals surface area contributed by atoms with Crippen molar-refractivity contribution in [3.63, 3.8) is 0 Å². The van der Waals surface area contributed by atoms with E-state index in [0.717, 1.165) is 12.0 Å². The van der Waals surface area contributed by atoms with Gasteiger partial charge in [-0.2, -0.15) is 0 Å². The fraction of sp³-hybridized carbons (Fsp3) is 0.296. The van der Waals surface area contributed by atoms with E-state index in [2.05, 4.69) is 24.9 Å². The predicted molar refractivity (Wildman–Crippen MR) is 137 cm³/mol. The number of hydrogen-bond acceptors (Lipinski definition) is 5. The van der Waals surface area contributed by atoms with Gasteiger partial charge in [0.05, 0.1) is 16.5 Å². The summed E-state index contributed by atoms with van der Waals surface area (Å²) in [5, 5.41) is 14.8. The fourth-order valence-corrected chi connectivity index (χ4v) is 5.15. The molecular weight excluding hydrogens is 474 g/mol. The second-order valence-corrected chi connectivity index (χ2v) is 9.53. The molecule has 0 atom stereocenters. The summed E-state index contributed by atoms with van der Waals surface area (Å²) < 4.78 is 1.65. The van der Waals surface area contributed by atoms with Gasteiger partial charge in [0.1, 0.15) is 6.54 Å². The first-order valence-electron chi connectivity index (χ1n) is 12.1. The Bertz CT molecular complexity index is 1450. The van der Waals surface area contributed by atoms with Crippen LogP contribution in [0.5, 0.6) is 0 Å². The predicted octanol–water partition coefficient (Wildman–Crippen LogP) is 2.57. The van der Waals surface area contributed by atoms with Crippen LogP contribution in [-0.2, 0) is 29.1 Å². The first-order chi connectivity index (χ1) is 17.7. The number of aromatic nitrogens is 1. The number of hydrogen-bond donors (Lipinski definition) is 1. The Morgan fingerprint density at radius 1 is 1.19 bits per heavy atom. The van der Waals surface area contributed by atoms with Gasteiger partial charge in [0.15, 0.2) is 0 Å². The highest BCUT2D eigenvalue weighted by molar-refractivity contribution is 6.08. The molecule has 1 fully saturated rings. The van der Waals surface area contributed by atoms with Gasteiger partial charge in [0.25, 0.3) is 11.6 Å². The van der Waals surface area contributed by atoms with Crippen LogP contribution in [0.25, 0.3) is 10.9 Å². The van der Waals surface area contributed by atoms with Gasteiger partial charge in [-0.25, -0.2) is 0 Å². The molecule has 0 spiro atoms. The lowest BCUT2D eigenvalue weighted by atomic mass is 9.95. The monoisotopic (exact) mass is 501 g/mol. The summed E-state index contributed by atoms with van der Waals surface area (Å²) in [6.07, 6.45) is 3.59. The largest absolute Gasteiger partial charge is 0.348 e. The Kier molecular flexibility index (Phi) is 6.24. The molecule has 0 aliphatic carbocycles. The van der Waals surface area contributed by atoms with Crippen molar-refractivity contribution >= 4 is 34.3 Å². The molecule has 3 amide bonds. The maximum atomic E-state index is 13.6. The molecule has 10 heteroatoms. The number of carbonyl (C=O) groups excluding carboxylic acids is 3. The summed E-state index contributed by atoms with van der Waals surface area (Å²) in [6.45, 7) is 7.29. The minimum atomic E-state index is -0.495. The zero-order valence-electron chi connectivity index (χ0n) is 20.5. The third-order valence-corrected chi connectivity index (χ3v) is 7.14. The molecule has 190 valence electrons. The Morgan fingerprint density at radius 3 is 2.70 bits per heavy atom. The molecule has 2 aliphatic heterocycles. The van der Waals surface area contributed by atoms with Crippen LogP contribution in [-0.4, -0.2) is 62.7 Å². The molecule has 3 aromatic rings. The molecule has 0 saturated carbocycles. The van der Waals surface area contributed by atoms with Gasteiger partial charge in [-0.05, 0) is 42.2 Å². The Morgan fingerprint density at radius 2 is 1.97 bits per heavy atom. The number of nitrogens with zero attached hydrogens (tertiary/aromatic N) is 4. The van der Waals surface area contributed by atoms with Crippen LogP contribution in [0.4, 0.5) is 5.69 Å². The number of nitro groups is 1. The molecule has 2 aromatic carbocycles. The zero-order valence-corrected chi connectivity index (χ0v) is 20.5. The van der Waals surface area contributed by atoms with E-state index in [1.165, 1.54) is 29.3 Å². The number of aryl methyl sites for hydroxylation is 1. The molecule has 1 saturated heterocycles. The second-order valence-electron chi connectivity index (χ2n) is 9.53. The molecule has 0 unspecified atom stereocenters. The lowest BCUT2D eigenvalue weighted by Crippen LogP contribution is -2.61. The van der Waals surface area contributed by atoms with Crippen LogP contribution in [0.15, 0.2) is 55.3 Å². The van der Waals surface area contributed by atoms with Crippen LogP contribution in [0, 0.1) is 17.0 Å². The molecule has 10 nitrogen and oxygen atoms in total. The van der Waals surface area contributed by atoms with E-state index in [0.29, 0.717) is 42.6 Å². The smallest absolute Gasteiger partial charge is 0.270 e. The molecule has 1 aromatic heterocycles. The highest BCUT2D eigenvalue weighted by Crippen LogP contribution is 2.29. The summed E-state index contributed by atoms with van der Waals surface area (Å²) in [4.78, 5) is 52.3. The van der Waals surface area contributed by atoms with Gasteiger partial charge in [-0.3, -0.25) is 24.5 Å². The van der Waals surface area contributed by atoms with Crippen molar-refractivity contribution in [1.82, 2.24) is 19.7 Å². The summed E-state index contributed by atoms with van der Waals surface area (Å²) in [5.74, 6) is -0.677. The number of rotatable bonds is 6. The number of benzene rings is 2. The molecule has 37 heavy (non-hydrogen) atoms. The van der Waals surface area contributed by atoms with Crippen LogP contribution in [0.1, 0.15) is 27.0 Å². The van der Waals surface area contributed by atoms with Crippen LogP contribution < -0.4 is 5.32 Å². The van der Waals surface area contributed by atoms with Gasteiger partial charge < -0.3 is 19.7 Å². The van der Waals surface area contributed by atoms with Gasteiger partial charge in [0, 0.05) is 55.4 Å². The minimum absolute atomic E-state index is 0.0600. The van der Waals surface area contributed by atoms with E-state index < -0.39 is 4.92 Å². The molecule has 1 N–H and O–H groups in total. The topological polar surface area (TPSA) is 118 Å². The summed E-state index contributed by atoms with van der Waals surface area (Å²) >= 11 is 0. The quantitative estimate of drug-likeness (QED) is 0.316. The normalized spacial score (nSPS) is 15.2. The number of amides is 3. The fourth-order valence-electron chi connectivity index (χ4n) is 5.15. The van der Waals surface area contributed by atoms with E-state index in [-0.39, 0.29) is 36.0 Å². The highest BCUT2D eigenvalue weighted by atomic mass is 16.6. The zero-order chi connectivity index (χ0) is 26.3. The molecule has 0 radical (unpaired) electrons. The second kappa shape index (κ2) is 9.53. The molecule has 5 rings (SSSR count). The maximum absolute atomic E-state index is 13.6. The molecular formula is C27H27N5O5. The first-order valence-corrected chi connectivity index (χ1v) is 12.1. The Balaban J connectivity index is 1.39. The lowest BCUT2D eigenvalue weighted by Gasteiger charge is -2.38. The number of non-ortho nitro benzene ring substituents is 1. The third-order valence-electron chi connectivity index (χ3n) is 7.14. The van der Waals surface area contributed by atoms with Crippen molar-refractivity contribution in [3.8, 4) is 0 Å². The van der Waals surface area contributed by atoms with Gasteiger partial charge in [0.2, 0.25) is 11.8 Å². The third kappa shape index (κ3) is 4.57. The average molecular weight is 502 g/mol. The number of carbonyl (C=O) groups is 3. The van der Waals surface area contributed by atoms with Gasteiger partial charge >= 0.3 is 0 Å². The molecule has 0 bridgehead atoms. The van der Waals surface area contributed by atoms with Crippen molar-refractivity contribution in [1.29, 1.82) is 0 Å². The van der Waals surface area contributed by atoms with E-state index in [1.807, 2.05) is 12.1 Å². The van der Waals surface area contributed by atoms with Crippen molar-refractivity contribution in [3.05, 3.63) is 87.6 Å². The standard InChI is InChI=1S/C27H27N5O5/c1-3-26(34)31-13-19(14-31)28-25(33)16-30-15-23(22-11-20(32(36)37)7-8-24(22)30)27(35)29-10-9-21-17(2)5-4-6-18(21)12-29/h3-8,11,15,19H,1,9-10,12-14,16H2,2H3,(H,28,33). The van der Waals surface area contributed by atoms with E-state index in [1.54, 1.807) is 26.6 Å². The van der Waals surface area contributed by atoms with Crippen LogP contribution >= 0.6 is 0 Å². The lowest BCUT2D eigenvalue weighted by molar-refractivity contribution is -0.384. The molecule has 2 aliphatic rings. The summed E-state index contributed by atoms with van der Waals surface area (Å²) in [5.41, 5.74) is 4.32. The van der Waals surface area contributed by atoms with Gasteiger partial charge in [-0.15, -0.1) is 0 Å². The van der Waals surface area contributed by atoms with E-state index >= 15 is 0 Å². The number of fused-ring (bicyclic) bond motifs is 2. The maximum Gasteiger partial charge on any atom is 0.270 e.